The Morgan fingerprint density at radius 2 is 2.12 bits per heavy atom. The minimum absolute atomic E-state index is 0.0796. The number of thiazole rings is 1. The molecule has 1 aliphatic heterocycles. The van der Waals surface area contributed by atoms with E-state index in [9.17, 15) is 4.79 Å². The zero-order valence-corrected chi connectivity index (χ0v) is 15.4. The van der Waals surface area contributed by atoms with Crippen molar-refractivity contribution in [2.24, 2.45) is 0 Å². The summed E-state index contributed by atoms with van der Waals surface area (Å²) in [5, 5.41) is 6.46. The van der Waals surface area contributed by atoms with Crippen molar-refractivity contribution in [2.45, 2.75) is 45.6 Å². The van der Waals surface area contributed by atoms with E-state index in [0.717, 1.165) is 35.8 Å². The Morgan fingerprint density at radius 3 is 2.88 bits per heavy atom. The van der Waals surface area contributed by atoms with Crippen molar-refractivity contribution in [2.75, 3.05) is 18.0 Å². The number of benzene rings is 1. The Morgan fingerprint density at radius 1 is 1.33 bits per heavy atom. The zero-order chi connectivity index (χ0) is 17.2. The fourth-order valence-electron chi connectivity index (χ4n) is 2.92. The second-order valence-electron chi connectivity index (χ2n) is 7.28. The lowest BCUT2D eigenvalue weighted by atomic mass is 9.98. The number of rotatable bonds is 4. The van der Waals surface area contributed by atoms with Crippen molar-refractivity contribution in [1.29, 1.82) is 0 Å². The molecule has 3 rings (SSSR count). The van der Waals surface area contributed by atoms with Crippen LogP contribution in [0.2, 0.25) is 0 Å². The first kappa shape index (κ1) is 17.1. The molecule has 0 saturated heterocycles. The van der Waals surface area contributed by atoms with E-state index in [-0.39, 0.29) is 11.3 Å². The van der Waals surface area contributed by atoms with Gasteiger partial charge in [-0.05, 0) is 24.5 Å². The molecule has 0 atom stereocenters. The molecule has 4 nitrogen and oxygen atoms in total. The lowest BCUT2D eigenvalue weighted by Crippen LogP contribution is -2.41. The number of amides is 1. The van der Waals surface area contributed by atoms with Gasteiger partial charge in [-0.1, -0.05) is 39.0 Å². The van der Waals surface area contributed by atoms with E-state index in [1.807, 2.05) is 23.1 Å². The van der Waals surface area contributed by atoms with Gasteiger partial charge in [-0.3, -0.25) is 4.79 Å². The van der Waals surface area contributed by atoms with Crippen LogP contribution >= 0.6 is 11.3 Å². The highest BCUT2D eigenvalue weighted by Gasteiger charge is 2.22. The fraction of sp³-hybridized carbons (Fsp3) is 0.474. The van der Waals surface area contributed by atoms with E-state index < -0.39 is 0 Å². The second kappa shape index (κ2) is 7.03. The van der Waals surface area contributed by atoms with Crippen LogP contribution in [0.4, 0.5) is 5.69 Å². The van der Waals surface area contributed by atoms with Gasteiger partial charge in [0.15, 0.2) is 0 Å². The smallest absolute Gasteiger partial charge is 0.240 e. The number of aromatic nitrogens is 1. The summed E-state index contributed by atoms with van der Waals surface area (Å²) in [6.07, 6.45) is 2.09. The van der Waals surface area contributed by atoms with E-state index >= 15 is 0 Å². The largest absolute Gasteiger partial charge is 0.311 e. The molecular formula is C19H25N3OS. The number of carbonyl (C=O) groups is 1. The van der Waals surface area contributed by atoms with Gasteiger partial charge in [0.2, 0.25) is 5.91 Å². The first-order chi connectivity index (χ1) is 11.4. The zero-order valence-electron chi connectivity index (χ0n) is 14.6. The summed E-state index contributed by atoms with van der Waals surface area (Å²) in [6.45, 7) is 8.29. The van der Waals surface area contributed by atoms with Crippen molar-refractivity contribution in [3.8, 4) is 0 Å². The van der Waals surface area contributed by atoms with Crippen LogP contribution in [0, 0.1) is 0 Å². The average molecular weight is 343 g/mol. The van der Waals surface area contributed by atoms with Gasteiger partial charge in [0.25, 0.3) is 0 Å². The first-order valence-electron chi connectivity index (χ1n) is 8.49. The van der Waals surface area contributed by atoms with Gasteiger partial charge in [-0.15, -0.1) is 11.3 Å². The van der Waals surface area contributed by atoms with E-state index in [0.29, 0.717) is 13.1 Å². The summed E-state index contributed by atoms with van der Waals surface area (Å²) in [4.78, 5) is 19.1. The summed E-state index contributed by atoms with van der Waals surface area (Å²) in [6, 6.07) is 8.20. The molecular weight excluding hydrogens is 318 g/mol. The van der Waals surface area contributed by atoms with Crippen LogP contribution in [0.15, 0.2) is 29.6 Å². The van der Waals surface area contributed by atoms with Gasteiger partial charge in [0.1, 0.15) is 0 Å². The molecule has 1 N–H and O–H groups in total. The Kier molecular flexibility index (Phi) is 5.01. The Bertz CT molecular complexity index is 717. The van der Waals surface area contributed by atoms with Crippen molar-refractivity contribution in [3.05, 3.63) is 45.9 Å². The third-order valence-corrected chi connectivity index (χ3v) is 5.50. The van der Waals surface area contributed by atoms with E-state index in [4.69, 9.17) is 0 Å². The van der Waals surface area contributed by atoms with Gasteiger partial charge in [0, 0.05) is 29.6 Å². The van der Waals surface area contributed by atoms with Crippen LogP contribution in [0.5, 0.6) is 0 Å². The number of carbonyl (C=O) groups excluding carboxylic acids is 1. The number of hydrogen-bond donors (Lipinski definition) is 1. The van der Waals surface area contributed by atoms with Crippen LogP contribution in [0.3, 0.4) is 0 Å². The summed E-state index contributed by atoms with van der Waals surface area (Å²) >= 11 is 1.69. The van der Waals surface area contributed by atoms with Crippen LogP contribution in [-0.4, -0.2) is 24.0 Å². The standard InChI is InChI=1S/C19H25N3OS/c1-19(2,3)18-21-15(13-24-18)11-20-12-17(23)22-10-6-8-14-7-4-5-9-16(14)22/h4-5,7,9,13,20H,6,8,10-12H2,1-3H3. The Hall–Kier alpha value is -1.72. The predicted molar refractivity (Wildman–Crippen MR) is 99.6 cm³/mol. The molecule has 1 aromatic carbocycles. The van der Waals surface area contributed by atoms with Gasteiger partial charge in [-0.25, -0.2) is 4.98 Å². The van der Waals surface area contributed by atoms with Gasteiger partial charge in [0.05, 0.1) is 17.2 Å². The summed E-state index contributed by atoms with van der Waals surface area (Å²) in [5.41, 5.74) is 3.43. The molecule has 128 valence electrons. The summed E-state index contributed by atoms with van der Waals surface area (Å²) in [7, 11) is 0. The summed E-state index contributed by atoms with van der Waals surface area (Å²) in [5.74, 6) is 0.133. The highest BCUT2D eigenvalue weighted by Crippen LogP contribution is 2.27. The molecule has 0 aliphatic carbocycles. The van der Waals surface area contributed by atoms with Gasteiger partial charge >= 0.3 is 0 Å². The van der Waals surface area contributed by atoms with Gasteiger partial charge < -0.3 is 10.2 Å². The van der Waals surface area contributed by atoms with Gasteiger partial charge in [-0.2, -0.15) is 0 Å². The normalized spacial score (nSPS) is 14.5. The third kappa shape index (κ3) is 3.84. The molecule has 1 aromatic heterocycles. The SMILES string of the molecule is CC(C)(C)c1nc(CNCC(=O)N2CCCc3ccccc32)cs1. The minimum Gasteiger partial charge on any atom is -0.311 e. The maximum absolute atomic E-state index is 12.6. The van der Waals surface area contributed by atoms with E-state index in [2.05, 4.69) is 42.5 Å². The number of para-hydroxylation sites is 1. The molecule has 0 unspecified atom stereocenters. The number of hydrogen-bond acceptors (Lipinski definition) is 4. The molecule has 1 amide bonds. The van der Waals surface area contributed by atoms with E-state index in [1.165, 1.54) is 5.56 Å². The highest BCUT2D eigenvalue weighted by atomic mass is 32.1. The van der Waals surface area contributed by atoms with Crippen LogP contribution in [0.1, 0.15) is 43.5 Å². The Labute approximate surface area is 147 Å². The second-order valence-corrected chi connectivity index (χ2v) is 8.13. The minimum atomic E-state index is 0.0796. The number of aryl methyl sites for hydroxylation is 1. The summed E-state index contributed by atoms with van der Waals surface area (Å²) < 4.78 is 0. The molecule has 0 radical (unpaired) electrons. The first-order valence-corrected chi connectivity index (χ1v) is 9.37. The molecule has 24 heavy (non-hydrogen) atoms. The molecule has 0 saturated carbocycles. The maximum atomic E-state index is 12.6. The van der Waals surface area contributed by atoms with E-state index in [1.54, 1.807) is 11.3 Å². The molecule has 5 heteroatoms. The highest BCUT2D eigenvalue weighted by molar-refractivity contribution is 7.09. The monoisotopic (exact) mass is 343 g/mol. The number of fused-ring (bicyclic) bond motifs is 1. The Balaban J connectivity index is 1.56. The quantitative estimate of drug-likeness (QED) is 0.924. The van der Waals surface area contributed by atoms with Crippen LogP contribution in [0.25, 0.3) is 0 Å². The molecule has 0 fully saturated rings. The topological polar surface area (TPSA) is 45.2 Å². The number of nitrogens with zero attached hydrogens (tertiary/aromatic N) is 2. The molecule has 1 aliphatic rings. The third-order valence-electron chi connectivity index (χ3n) is 4.19. The van der Waals surface area contributed by atoms with Crippen molar-refractivity contribution >= 4 is 22.9 Å². The maximum Gasteiger partial charge on any atom is 0.240 e. The molecule has 0 bridgehead atoms. The lowest BCUT2D eigenvalue weighted by molar-refractivity contribution is -0.117. The van der Waals surface area contributed by atoms with Crippen LogP contribution in [-0.2, 0) is 23.2 Å². The van der Waals surface area contributed by atoms with Crippen molar-refractivity contribution in [1.82, 2.24) is 10.3 Å². The number of anilines is 1. The molecule has 2 heterocycles. The average Bonchev–Trinajstić information content (AvgIpc) is 3.03. The predicted octanol–water partition coefficient (Wildman–Crippen LogP) is 3.51. The van der Waals surface area contributed by atoms with Crippen molar-refractivity contribution < 1.29 is 4.79 Å². The number of nitrogens with one attached hydrogen (secondary N) is 1. The lowest BCUT2D eigenvalue weighted by Gasteiger charge is -2.29. The molecule has 2 aromatic rings. The van der Waals surface area contributed by atoms with Crippen LogP contribution < -0.4 is 10.2 Å². The van der Waals surface area contributed by atoms with Crippen molar-refractivity contribution in [3.63, 3.8) is 0 Å². The fourth-order valence-corrected chi connectivity index (χ4v) is 3.83. The molecule has 0 spiro atoms.